The second-order valence-electron chi connectivity index (χ2n) is 8.37. The van der Waals surface area contributed by atoms with Gasteiger partial charge in [-0.25, -0.2) is 4.39 Å². The molecule has 3 aromatic carbocycles. The summed E-state index contributed by atoms with van der Waals surface area (Å²) in [5, 5.41) is 2.62. The van der Waals surface area contributed by atoms with Crippen LogP contribution in [0.2, 0.25) is 0 Å². The lowest BCUT2D eigenvalue weighted by atomic mass is 9.86. The van der Waals surface area contributed by atoms with Gasteiger partial charge >= 0.3 is 0 Å². The third-order valence-electron chi connectivity index (χ3n) is 4.88. The highest BCUT2D eigenvalue weighted by Gasteiger charge is 2.19. The van der Waals surface area contributed by atoms with Gasteiger partial charge in [-0.3, -0.25) is 4.79 Å². The third-order valence-corrected chi connectivity index (χ3v) is 5.37. The molecule has 0 saturated carbocycles. The minimum Gasteiger partial charge on any atom is -0.493 e. The van der Waals surface area contributed by atoms with Crippen molar-refractivity contribution < 1.29 is 18.7 Å². The van der Waals surface area contributed by atoms with E-state index < -0.39 is 11.7 Å². The fourth-order valence-corrected chi connectivity index (χ4v) is 3.62. The highest BCUT2D eigenvalue weighted by Crippen LogP contribution is 2.32. The summed E-state index contributed by atoms with van der Waals surface area (Å²) in [5.74, 6) is 0.507. The van der Waals surface area contributed by atoms with Crippen molar-refractivity contribution >= 4 is 27.5 Å². The standard InChI is InChI=1S/C26H27BrFNO3/c1-5-31-23-13-10-17(25(30)29-22-12-11-19(27)15-21(22)28)14-18(23)16-32-24-9-7-6-8-20(24)26(2,3)4/h6-15H,5,16H2,1-4H3,(H,29,30). The number of anilines is 1. The molecule has 1 amide bonds. The Morgan fingerprint density at radius 3 is 2.44 bits per heavy atom. The largest absolute Gasteiger partial charge is 0.493 e. The van der Waals surface area contributed by atoms with Crippen LogP contribution in [-0.2, 0) is 12.0 Å². The van der Waals surface area contributed by atoms with Crippen LogP contribution in [0.3, 0.4) is 0 Å². The number of benzene rings is 3. The first-order chi connectivity index (χ1) is 15.2. The van der Waals surface area contributed by atoms with Crippen LogP contribution >= 0.6 is 15.9 Å². The first-order valence-corrected chi connectivity index (χ1v) is 11.2. The van der Waals surface area contributed by atoms with Crippen molar-refractivity contribution in [2.75, 3.05) is 11.9 Å². The Labute approximate surface area is 196 Å². The number of para-hydroxylation sites is 1. The number of hydrogen-bond donors (Lipinski definition) is 1. The normalized spacial score (nSPS) is 11.2. The molecule has 0 aromatic heterocycles. The number of halogens is 2. The van der Waals surface area contributed by atoms with E-state index in [0.29, 0.717) is 22.4 Å². The van der Waals surface area contributed by atoms with Crippen molar-refractivity contribution in [1.29, 1.82) is 0 Å². The molecule has 0 radical (unpaired) electrons. The van der Waals surface area contributed by atoms with E-state index in [1.165, 1.54) is 12.1 Å². The van der Waals surface area contributed by atoms with Crippen LogP contribution < -0.4 is 14.8 Å². The summed E-state index contributed by atoms with van der Waals surface area (Å²) >= 11 is 3.21. The summed E-state index contributed by atoms with van der Waals surface area (Å²) in [6, 6.07) is 17.5. The lowest BCUT2D eigenvalue weighted by molar-refractivity contribution is 0.102. The maximum atomic E-state index is 14.1. The van der Waals surface area contributed by atoms with Gasteiger partial charge < -0.3 is 14.8 Å². The molecule has 6 heteroatoms. The summed E-state index contributed by atoms with van der Waals surface area (Å²) in [7, 11) is 0. The average molecular weight is 500 g/mol. The number of ether oxygens (including phenoxy) is 2. The quantitative estimate of drug-likeness (QED) is 0.376. The van der Waals surface area contributed by atoms with Gasteiger partial charge in [-0.05, 0) is 60.4 Å². The van der Waals surface area contributed by atoms with E-state index in [-0.39, 0.29) is 17.7 Å². The van der Waals surface area contributed by atoms with Crippen molar-refractivity contribution in [2.24, 2.45) is 0 Å². The van der Waals surface area contributed by atoms with Gasteiger partial charge in [0.1, 0.15) is 23.9 Å². The molecule has 4 nitrogen and oxygen atoms in total. The molecule has 0 fully saturated rings. The van der Waals surface area contributed by atoms with Gasteiger partial charge in [0.25, 0.3) is 5.91 Å². The molecule has 0 unspecified atom stereocenters. The zero-order valence-electron chi connectivity index (χ0n) is 18.7. The molecule has 0 saturated heterocycles. The Hall–Kier alpha value is -2.86. The number of rotatable bonds is 7. The molecule has 0 aliphatic rings. The van der Waals surface area contributed by atoms with E-state index in [1.807, 2.05) is 25.1 Å². The van der Waals surface area contributed by atoms with E-state index in [2.05, 4.69) is 48.1 Å². The maximum absolute atomic E-state index is 14.1. The third kappa shape index (κ3) is 5.88. The van der Waals surface area contributed by atoms with Gasteiger partial charge in [0.15, 0.2) is 0 Å². The van der Waals surface area contributed by atoms with Crippen LogP contribution in [0.15, 0.2) is 65.1 Å². The average Bonchev–Trinajstić information content (AvgIpc) is 2.74. The molecule has 0 bridgehead atoms. The summed E-state index contributed by atoms with van der Waals surface area (Å²) in [5.41, 5.74) is 2.26. The van der Waals surface area contributed by atoms with Crippen LogP contribution in [0.5, 0.6) is 11.5 Å². The monoisotopic (exact) mass is 499 g/mol. The Bertz CT molecular complexity index is 1110. The van der Waals surface area contributed by atoms with Crippen molar-refractivity contribution in [3.05, 3.63) is 87.6 Å². The molecule has 0 aliphatic carbocycles. The second kappa shape index (κ2) is 10.2. The second-order valence-corrected chi connectivity index (χ2v) is 9.28. The number of amides is 1. The lowest BCUT2D eigenvalue weighted by Crippen LogP contribution is -2.15. The Balaban J connectivity index is 1.84. The molecule has 0 heterocycles. The Morgan fingerprint density at radius 1 is 1.00 bits per heavy atom. The zero-order valence-corrected chi connectivity index (χ0v) is 20.3. The minimum atomic E-state index is -0.513. The molecule has 32 heavy (non-hydrogen) atoms. The predicted octanol–water partition coefficient (Wildman–Crippen LogP) is 7.12. The van der Waals surface area contributed by atoms with Crippen LogP contribution in [-0.4, -0.2) is 12.5 Å². The molecule has 0 atom stereocenters. The van der Waals surface area contributed by atoms with Crippen molar-refractivity contribution in [1.82, 2.24) is 0 Å². The van der Waals surface area contributed by atoms with E-state index in [9.17, 15) is 9.18 Å². The highest BCUT2D eigenvalue weighted by atomic mass is 79.9. The molecule has 168 valence electrons. The molecule has 0 spiro atoms. The van der Waals surface area contributed by atoms with E-state index in [1.54, 1.807) is 24.3 Å². The van der Waals surface area contributed by atoms with E-state index >= 15 is 0 Å². The molecule has 0 aliphatic heterocycles. The van der Waals surface area contributed by atoms with E-state index in [0.717, 1.165) is 16.9 Å². The SMILES string of the molecule is CCOc1ccc(C(=O)Nc2ccc(Br)cc2F)cc1COc1ccccc1C(C)(C)C. The summed E-state index contributed by atoms with van der Waals surface area (Å²) in [6.45, 7) is 9.01. The smallest absolute Gasteiger partial charge is 0.255 e. The van der Waals surface area contributed by atoms with Gasteiger partial charge in [-0.1, -0.05) is 54.9 Å². The number of hydrogen-bond acceptors (Lipinski definition) is 3. The van der Waals surface area contributed by atoms with Crippen molar-refractivity contribution in [3.63, 3.8) is 0 Å². The lowest BCUT2D eigenvalue weighted by Gasteiger charge is -2.23. The van der Waals surface area contributed by atoms with Gasteiger partial charge in [0, 0.05) is 15.6 Å². The molecule has 3 rings (SSSR count). The molecule has 1 N–H and O–H groups in total. The fraction of sp³-hybridized carbons (Fsp3) is 0.269. The van der Waals surface area contributed by atoms with Crippen molar-refractivity contribution in [2.45, 2.75) is 39.7 Å². The first kappa shape index (κ1) is 23.8. The summed E-state index contributed by atoms with van der Waals surface area (Å²) < 4.78 is 26.6. The molecule has 3 aromatic rings. The summed E-state index contributed by atoms with van der Waals surface area (Å²) in [6.07, 6.45) is 0. The Morgan fingerprint density at radius 2 is 1.75 bits per heavy atom. The predicted molar refractivity (Wildman–Crippen MR) is 129 cm³/mol. The minimum absolute atomic E-state index is 0.0736. The van der Waals surface area contributed by atoms with Crippen LogP contribution in [0.1, 0.15) is 49.2 Å². The number of carbonyl (C=O) groups excluding carboxylic acids is 1. The van der Waals surface area contributed by atoms with Crippen molar-refractivity contribution in [3.8, 4) is 11.5 Å². The highest BCUT2D eigenvalue weighted by molar-refractivity contribution is 9.10. The molecular formula is C26H27BrFNO3. The Kier molecular flexibility index (Phi) is 7.56. The fourth-order valence-electron chi connectivity index (χ4n) is 3.28. The maximum Gasteiger partial charge on any atom is 0.255 e. The van der Waals surface area contributed by atoms with Gasteiger partial charge in [-0.15, -0.1) is 0 Å². The topological polar surface area (TPSA) is 47.6 Å². The summed E-state index contributed by atoms with van der Waals surface area (Å²) in [4.78, 5) is 12.8. The van der Waals surface area contributed by atoms with E-state index in [4.69, 9.17) is 9.47 Å². The van der Waals surface area contributed by atoms with Gasteiger partial charge in [-0.2, -0.15) is 0 Å². The van der Waals surface area contributed by atoms with Crippen LogP contribution in [0.25, 0.3) is 0 Å². The number of nitrogens with one attached hydrogen (secondary N) is 1. The van der Waals surface area contributed by atoms with Gasteiger partial charge in [0.2, 0.25) is 0 Å². The first-order valence-electron chi connectivity index (χ1n) is 10.4. The van der Waals surface area contributed by atoms with Gasteiger partial charge in [0.05, 0.1) is 12.3 Å². The number of carbonyl (C=O) groups is 1. The van der Waals surface area contributed by atoms with Crippen LogP contribution in [0.4, 0.5) is 10.1 Å². The van der Waals surface area contributed by atoms with Crippen LogP contribution in [0, 0.1) is 5.82 Å². The zero-order chi connectivity index (χ0) is 23.3. The molecular weight excluding hydrogens is 473 g/mol.